The second kappa shape index (κ2) is 5.61. The highest BCUT2D eigenvalue weighted by Crippen LogP contribution is 2.36. The number of fused-ring (bicyclic) bond motifs is 1. The largest absolute Gasteiger partial charge is 0.396 e. The van der Waals surface area contributed by atoms with Crippen LogP contribution in [0.3, 0.4) is 0 Å². The maximum absolute atomic E-state index is 10.4. The smallest absolute Gasteiger partial charge is 0.156 e. The summed E-state index contributed by atoms with van der Waals surface area (Å²) in [5, 5.41) is 20.2. The van der Waals surface area contributed by atoms with Crippen LogP contribution in [-0.2, 0) is 0 Å². The molecule has 3 heterocycles. The molecule has 2 atom stereocenters. The predicted octanol–water partition coefficient (Wildman–Crippen LogP) is 1.08. The summed E-state index contributed by atoms with van der Waals surface area (Å²) in [6.45, 7) is 3.48. The number of anilines is 1. The Hall–Kier alpha value is -1.66. The number of nitrogens with zero attached hydrogens (tertiary/aromatic N) is 4. The van der Waals surface area contributed by atoms with E-state index in [-0.39, 0.29) is 6.61 Å². The van der Waals surface area contributed by atoms with Gasteiger partial charge in [0.25, 0.3) is 0 Å². The van der Waals surface area contributed by atoms with Crippen molar-refractivity contribution >= 4 is 11.5 Å². The Morgan fingerprint density at radius 1 is 1.43 bits per heavy atom. The van der Waals surface area contributed by atoms with Gasteiger partial charge in [0.05, 0.1) is 25.1 Å². The van der Waals surface area contributed by atoms with Gasteiger partial charge < -0.3 is 15.1 Å². The van der Waals surface area contributed by atoms with E-state index in [1.165, 1.54) is 0 Å². The Bertz CT molecular complexity index is 614. The zero-order valence-electron chi connectivity index (χ0n) is 12.3. The minimum Gasteiger partial charge on any atom is -0.396 e. The zero-order chi connectivity index (χ0) is 14.9. The summed E-state index contributed by atoms with van der Waals surface area (Å²) < 4.78 is 2.00. The monoisotopic (exact) mass is 290 g/mol. The first-order valence-electron chi connectivity index (χ1n) is 7.51. The zero-order valence-corrected chi connectivity index (χ0v) is 12.3. The Morgan fingerprint density at radius 3 is 3.05 bits per heavy atom. The molecule has 2 N–H and O–H groups in total. The molecule has 0 spiro atoms. The first-order valence-corrected chi connectivity index (χ1v) is 7.51. The van der Waals surface area contributed by atoms with Gasteiger partial charge in [-0.25, -0.2) is 4.98 Å². The van der Waals surface area contributed by atoms with E-state index in [4.69, 9.17) is 0 Å². The van der Waals surface area contributed by atoms with Gasteiger partial charge in [0.15, 0.2) is 5.65 Å². The lowest BCUT2D eigenvalue weighted by atomic mass is 9.74. The molecule has 21 heavy (non-hydrogen) atoms. The first-order chi connectivity index (χ1) is 10.2. The SMILES string of the molecule is CCC[C@@]1(CO)CN(c2cncc3nccn23)CC[C@@H]1O. The van der Waals surface area contributed by atoms with Crippen LogP contribution >= 0.6 is 0 Å². The maximum Gasteiger partial charge on any atom is 0.156 e. The number of aliphatic hydroxyl groups excluding tert-OH is 2. The minimum absolute atomic E-state index is 0.00579. The summed E-state index contributed by atoms with van der Waals surface area (Å²) in [6.07, 6.45) is 9.18. The van der Waals surface area contributed by atoms with E-state index >= 15 is 0 Å². The Labute approximate surface area is 124 Å². The fourth-order valence-electron chi connectivity index (χ4n) is 3.39. The summed E-state index contributed by atoms with van der Waals surface area (Å²) in [6, 6.07) is 0. The molecule has 0 saturated carbocycles. The average Bonchev–Trinajstić information content (AvgIpc) is 2.98. The second-order valence-electron chi connectivity index (χ2n) is 5.92. The van der Waals surface area contributed by atoms with Crippen LogP contribution in [0.15, 0.2) is 24.8 Å². The van der Waals surface area contributed by atoms with Crippen LogP contribution in [0.25, 0.3) is 5.65 Å². The van der Waals surface area contributed by atoms with Gasteiger partial charge in [0.2, 0.25) is 0 Å². The third-order valence-corrected chi connectivity index (χ3v) is 4.57. The van der Waals surface area contributed by atoms with Crippen LogP contribution in [-0.4, -0.2) is 50.4 Å². The molecule has 0 aliphatic carbocycles. The van der Waals surface area contributed by atoms with Gasteiger partial charge in [-0.1, -0.05) is 13.3 Å². The molecule has 114 valence electrons. The van der Waals surface area contributed by atoms with E-state index in [1.807, 2.05) is 16.8 Å². The van der Waals surface area contributed by atoms with Crippen molar-refractivity contribution < 1.29 is 10.2 Å². The van der Waals surface area contributed by atoms with Gasteiger partial charge in [0.1, 0.15) is 5.82 Å². The van der Waals surface area contributed by atoms with Gasteiger partial charge in [-0.2, -0.15) is 0 Å². The number of piperidine rings is 1. The highest BCUT2D eigenvalue weighted by atomic mass is 16.3. The topological polar surface area (TPSA) is 73.9 Å². The molecule has 1 fully saturated rings. The molecule has 6 heteroatoms. The fraction of sp³-hybridized carbons (Fsp3) is 0.600. The minimum atomic E-state index is -0.450. The normalized spacial score (nSPS) is 26.4. The van der Waals surface area contributed by atoms with Gasteiger partial charge in [-0.3, -0.25) is 9.38 Å². The summed E-state index contributed by atoms with van der Waals surface area (Å²) >= 11 is 0. The van der Waals surface area contributed by atoms with E-state index in [9.17, 15) is 10.2 Å². The van der Waals surface area contributed by atoms with E-state index in [0.29, 0.717) is 13.0 Å². The van der Waals surface area contributed by atoms with Crippen molar-refractivity contribution in [1.29, 1.82) is 0 Å². The summed E-state index contributed by atoms with van der Waals surface area (Å²) in [7, 11) is 0. The lowest BCUT2D eigenvalue weighted by molar-refractivity contribution is -0.0353. The quantitative estimate of drug-likeness (QED) is 0.881. The van der Waals surface area contributed by atoms with Crippen LogP contribution in [0.2, 0.25) is 0 Å². The summed E-state index contributed by atoms with van der Waals surface area (Å²) in [5.41, 5.74) is 0.360. The van der Waals surface area contributed by atoms with Crippen molar-refractivity contribution in [1.82, 2.24) is 14.4 Å². The molecule has 6 nitrogen and oxygen atoms in total. The highest BCUT2D eigenvalue weighted by molar-refractivity contribution is 5.49. The van der Waals surface area contributed by atoms with Gasteiger partial charge in [0, 0.05) is 30.9 Å². The molecule has 0 aromatic carbocycles. The molecule has 0 amide bonds. The average molecular weight is 290 g/mol. The molecule has 2 aromatic heterocycles. The molecular formula is C15H22N4O2. The molecule has 2 aromatic rings. The maximum atomic E-state index is 10.4. The lowest BCUT2D eigenvalue weighted by Gasteiger charge is -2.46. The van der Waals surface area contributed by atoms with Crippen LogP contribution < -0.4 is 4.90 Å². The van der Waals surface area contributed by atoms with Crippen molar-refractivity contribution in [2.45, 2.75) is 32.3 Å². The van der Waals surface area contributed by atoms with Crippen molar-refractivity contribution in [3.63, 3.8) is 0 Å². The summed E-state index contributed by atoms with van der Waals surface area (Å²) in [4.78, 5) is 10.7. The van der Waals surface area contributed by atoms with E-state index in [2.05, 4.69) is 21.8 Å². The fourth-order valence-corrected chi connectivity index (χ4v) is 3.39. The van der Waals surface area contributed by atoms with E-state index < -0.39 is 11.5 Å². The van der Waals surface area contributed by atoms with Crippen molar-refractivity contribution in [2.24, 2.45) is 5.41 Å². The van der Waals surface area contributed by atoms with Crippen molar-refractivity contribution in [3.05, 3.63) is 24.8 Å². The Balaban J connectivity index is 1.94. The highest BCUT2D eigenvalue weighted by Gasteiger charge is 2.42. The summed E-state index contributed by atoms with van der Waals surface area (Å²) in [5.74, 6) is 0.964. The molecule has 0 bridgehead atoms. The molecule has 1 aliphatic heterocycles. The van der Waals surface area contributed by atoms with Crippen LogP contribution in [0.4, 0.5) is 5.82 Å². The third kappa shape index (κ3) is 2.38. The van der Waals surface area contributed by atoms with Crippen LogP contribution in [0.1, 0.15) is 26.2 Å². The molecule has 0 unspecified atom stereocenters. The second-order valence-corrected chi connectivity index (χ2v) is 5.92. The molecule has 1 aliphatic rings. The molecule has 1 saturated heterocycles. The molecule has 3 rings (SSSR count). The molecular weight excluding hydrogens is 268 g/mol. The third-order valence-electron chi connectivity index (χ3n) is 4.57. The first kappa shape index (κ1) is 14.3. The van der Waals surface area contributed by atoms with E-state index in [1.54, 1.807) is 12.4 Å². The van der Waals surface area contributed by atoms with Gasteiger partial charge >= 0.3 is 0 Å². The Kier molecular flexibility index (Phi) is 3.82. The number of rotatable bonds is 4. The van der Waals surface area contributed by atoms with Crippen molar-refractivity contribution in [2.75, 3.05) is 24.6 Å². The number of imidazole rings is 1. The standard InChI is InChI=1S/C15H22N4O2/c1-2-4-15(11-20)10-18(6-3-12(15)21)14-9-16-8-13-17-5-7-19(13)14/h5,7-9,12,20-21H,2-4,6,10-11H2,1H3/t12-,15-/m0/s1. The number of hydrogen-bond acceptors (Lipinski definition) is 5. The van der Waals surface area contributed by atoms with Gasteiger partial charge in [-0.15, -0.1) is 0 Å². The Morgan fingerprint density at radius 2 is 2.29 bits per heavy atom. The predicted molar refractivity (Wildman–Crippen MR) is 80.3 cm³/mol. The van der Waals surface area contributed by atoms with Gasteiger partial charge in [-0.05, 0) is 12.8 Å². The molecule has 0 radical (unpaired) electrons. The van der Waals surface area contributed by atoms with Crippen LogP contribution in [0.5, 0.6) is 0 Å². The van der Waals surface area contributed by atoms with E-state index in [0.717, 1.165) is 30.9 Å². The lowest BCUT2D eigenvalue weighted by Crippen LogP contribution is -2.54. The number of aliphatic hydroxyl groups is 2. The number of hydrogen-bond donors (Lipinski definition) is 2. The van der Waals surface area contributed by atoms with Crippen LogP contribution in [0, 0.1) is 5.41 Å². The number of aromatic nitrogens is 3. The van der Waals surface area contributed by atoms with Crippen molar-refractivity contribution in [3.8, 4) is 0 Å².